The van der Waals surface area contributed by atoms with Crippen molar-refractivity contribution in [2.75, 3.05) is 14.2 Å². The molecule has 0 aliphatic rings. The number of esters is 1. The smallest absolute Gasteiger partial charge is 0.307 e. The lowest BCUT2D eigenvalue weighted by molar-refractivity contribution is -0.140. The molecule has 0 unspecified atom stereocenters. The average molecular weight is 439 g/mol. The summed E-state index contributed by atoms with van der Waals surface area (Å²) >= 11 is 13.3. The highest BCUT2D eigenvalue weighted by Gasteiger charge is 2.15. The van der Waals surface area contributed by atoms with Crippen molar-refractivity contribution in [3.05, 3.63) is 56.8 Å². The number of carbonyl (C=O) groups excluding carboxylic acids is 2. The zero-order chi connectivity index (χ0) is 20.3. The van der Waals surface area contributed by atoms with Gasteiger partial charge in [-0.05, 0) is 30.3 Å². The molecular formula is C19H16Cl2N2O4S. The molecule has 146 valence electrons. The van der Waals surface area contributed by atoms with E-state index in [4.69, 9.17) is 32.7 Å². The molecule has 0 saturated carbocycles. The van der Waals surface area contributed by atoms with Crippen molar-refractivity contribution in [1.29, 1.82) is 0 Å². The number of rotatable bonds is 5. The highest BCUT2D eigenvalue weighted by molar-refractivity contribution is 7.16. The molecule has 9 heteroatoms. The maximum atomic E-state index is 12.7. The van der Waals surface area contributed by atoms with E-state index >= 15 is 0 Å². The summed E-state index contributed by atoms with van der Waals surface area (Å²) in [6.45, 7) is 0.285. The Hall–Kier alpha value is -2.35. The molecule has 0 saturated heterocycles. The second-order valence-corrected chi connectivity index (χ2v) is 7.56. The number of para-hydroxylation sites is 1. The van der Waals surface area contributed by atoms with Gasteiger partial charge in [0.25, 0.3) is 5.91 Å². The van der Waals surface area contributed by atoms with Gasteiger partial charge < -0.3 is 14.0 Å². The normalized spacial score (nSPS) is 11.6. The fraction of sp³-hybridized carbons (Fsp3) is 0.211. The lowest BCUT2D eigenvalue weighted by atomic mass is 10.2. The number of methoxy groups -OCH3 is 2. The number of benzene rings is 2. The second-order valence-electron chi connectivity index (χ2n) is 5.71. The van der Waals surface area contributed by atoms with Crippen LogP contribution in [0.4, 0.5) is 0 Å². The van der Waals surface area contributed by atoms with Crippen LogP contribution in [-0.4, -0.2) is 30.7 Å². The minimum Gasteiger partial charge on any atom is -0.495 e. The molecule has 2 aromatic carbocycles. The Labute approximate surface area is 174 Å². The first-order chi connectivity index (χ1) is 13.4. The van der Waals surface area contributed by atoms with Crippen LogP contribution < -0.4 is 9.54 Å². The zero-order valence-corrected chi connectivity index (χ0v) is 17.4. The summed E-state index contributed by atoms with van der Waals surface area (Å²) in [6, 6.07) is 10.2. The molecule has 0 bridgehead atoms. The Kier molecular flexibility index (Phi) is 6.39. The summed E-state index contributed by atoms with van der Waals surface area (Å²) in [7, 11) is 2.89. The number of aromatic nitrogens is 1. The average Bonchev–Trinajstić information content (AvgIpc) is 3.02. The Morgan fingerprint density at radius 2 is 1.96 bits per heavy atom. The Morgan fingerprint density at radius 1 is 1.18 bits per heavy atom. The van der Waals surface area contributed by atoms with Crippen LogP contribution >= 0.6 is 34.5 Å². The van der Waals surface area contributed by atoms with Gasteiger partial charge in [0.15, 0.2) is 4.80 Å². The standard InChI is InChI=1S/C19H16Cl2N2O4S/c1-26-14-4-3-5-15-17(14)23(9-8-16(24)27-2)19(28-15)22-18(25)12-7-6-11(20)10-13(12)21/h3-7,10H,8-9H2,1-2H3. The number of ether oxygens (including phenoxy) is 2. The number of fused-ring (bicyclic) bond motifs is 1. The molecule has 0 spiro atoms. The van der Waals surface area contributed by atoms with E-state index in [1.54, 1.807) is 17.7 Å². The zero-order valence-electron chi connectivity index (χ0n) is 15.1. The largest absolute Gasteiger partial charge is 0.495 e. The first-order valence-electron chi connectivity index (χ1n) is 8.22. The molecule has 3 rings (SSSR count). The highest BCUT2D eigenvalue weighted by atomic mass is 35.5. The third kappa shape index (κ3) is 4.22. The van der Waals surface area contributed by atoms with Gasteiger partial charge in [-0.3, -0.25) is 9.59 Å². The molecule has 0 atom stereocenters. The van der Waals surface area contributed by atoms with E-state index in [1.807, 2.05) is 18.2 Å². The van der Waals surface area contributed by atoms with Crippen LogP contribution in [0.5, 0.6) is 5.75 Å². The number of carbonyl (C=O) groups is 2. The van der Waals surface area contributed by atoms with Crippen LogP contribution in [0, 0.1) is 0 Å². The van der Waals surface area contributed by atoms with Gasteiger partial charge in [0.2, 0.25) is 0 Å². The maximum Gasteiger partial charge on any atom is 0.307 e. The van der Waals surface area contributed by atoms with Crippen LogP contribution in [0.25, 0.3) is 10.2 Å². The first-order valence-corrected chi connectivity index (χ1v) is 9.79. The van der Waals surface area contributed by atoms with Crippen LogP contribution in [0.1, 0.15) is 16.8 Å². The summed E-state index contributed by atoms with van der Waals surface area (Å²) in [5.41, 5.74) is 1.00. The number of amides is 1. The van der Waals surface area contributed by atoms with E-state index in [1.165, 1.54) is 30.6 Å². The second kappa shape index (κ2) is 8.77. The van der Waals surface area contributed by atoms with Crippen molar-refractivity contribution in [3.8, 4) is 5.75 Å². The van der Waals surface area contributed by atoms with Crippen molar-refractivity contribution in [3.63, 3.8) is 0 Å². The molecule has 1 aromatic heterocycles. The van der Waals surface area contributed by atoms with Crippen LogP contribution in [-0.2, 0) is 16.1 Å². The molecule has 0 aliphatic carbocycles. The van der Waals surface area contributed by atoms with E-state index in [9.17, 15) is 9.59 Å². The van der Waals surface area contributed by atoms with E-state index in [-0.39, 0.29) is 29.5 Å². The third-order valence-electron chi connectivity index (χ3n) is 4.01. The fourth-order valence-electron chi connectivity index (χ4n) is 2.67. The molecule has 1 heterocycles. The minimum atomic E-state index is -0.501. The minimum absolute atomic E-state index is 0.128. The van der Waals surface area contributed by atoms with E-state index in [0.717, 1.165) is 10.2 Å². The molecule has 28 heavy (non-hydrogen) atoms. The van der Waals surface area contributed by atoms with Gasteiger partial charge in [-0.25, -0.2) is 0 Å². The summed E-state index contributed by atoms with van der Waals surface area (Å²) < 4.78 is 12.8. The number of hydrogen-bond acceptors (Lipinski definition) is 5. The quantitative estimate of drug-likeness (QED) is 0.556. The first kappa shape index (κ1) is 20.4. The summed E-state index contributed by atoms with van der Waals surface area (Å²) in [6.07, 6.45) is 0.128. The van der Waals surface area contributed by atoms with Crippen LogP contribution in [0.2, 0.25) is 10.0 Å². The predicted octanol–water partition coefficient (Wildman–Crippen LogP) is 4.32. The molecule has 0 aliphatic heterocycles. The summed E-state index contributed by atoms with van der Waals surface area (Å²) in [4.78, 5) is 29.0. The van der Waals surface area contributed by atoms with Crippen molar-refractivity contribution >= 4 is 56.6 Å². The van der Waals surface area contributed by atoms with Gasteiger partial charge in [-0.2, -0.15) is 4.99 Å². The highest BCUT2D eigenvalue weighted by Crippen LogP contribution is 2.28. The molecule has 0 fully saturated rings. The van der Waals surface area contributed by atoms with Crippen LogP contribution in [0.15, 0.2) is 41.4 Å². The van der Waals surface area contributed by atoms with Gasteiger partial charge in [-0.1, -0.05) is 40.6 Å². The maximum absolute atomic E-state index is 12.7. The summed E-state index contributed by atoms with van der Waals surface area (Å²) in [5, 5.41) is 0.655. The topological polar surface area (TPSA) is 69.9 Å². The molecule has 3 aromatic rings. The molecule has 1 amide bonds. The number of thiazole rings is 1. The number of halogens is 2. The Morgan fingerprint density at radius 3 is 2.64 bits per heavy atom. The SMILES string of the molecule is COC(=O)CCn1c(=NC(=O)c2ccc(Cl)cc2Cl)sc2cccc(OC)c21. The predicted molar refractivity (Wildman–Crippen MR) is 109 cm³/mol. The molecular weight excluding hydrogens is 423 g/mol. The van der Waals surface area contributed by atoms with Gasteiger partial charge in [0.1, 0.15) is 11.3 Å². The van der Waals surface area contributed by atoms with Crippen molar-refractivity contribution in [2.45, 2.75) is 13.0 Å². The van der Waals surface area contributed by atoms with Gasteiger partial charge in [-0.15, -0.1) is 0 Å². The number of nitrogens with zero attached hydrogens (tertiary/aromatic N) is 2. The van der Waals surface area contributed by atoms with Crippen molar-refractivity contribution < 1.29 is 19.1 Å². The van der Waals surface area contributed by atoms with E-state index in [2.05, 4.69) is 4.99 Å². The van der Waals surface area contributed by atoms with Crippen molar-refractivity contribution in [1.82, 2.24) is 4.57 Å². The van der Waals surface area contributed by atoms with Crippen molar-refractivity contribution in [2.24, 2.45) is 4.99 Å². The fourth-order valence-corrected chi connectivity index (χ4v) is 4.23. The van der Waals surface area contributed by atoms with Gasteiger partial charge in [0, 0.05) is 11.6 Å². The molecule has 0 radical (unpaired) electrons. The number of aryl methyl sites for hydroxylation is 1. The van der Waals surface area contributed by atoms with Gasteiger partial charge in [0.05, 0.1) is 35.9 Å². The molecule has 0 N–H and O–H groups in total. The Bertz CT molecular complexity index is 1120. The lowest BCUT2D eigenvalue weighted by Crippen LogP contribution is -2.19. The Balaban J connectivity index is 2.14. The van der Waals surface area contributed by atoms with E-state index in [0.29, 0.717) is 15.6 Å². The number of hydrogen-bond donors (Lipinski definition) is 0. The van der Waals surface area contributed by atoms with E-state index < -0.39 is 5.91 Å². The molecule has 6 nitrogen and oxygen atoms in total. The summed E-state index contributed by atoms with van der Waals surface area (Å²) in [5.74, 6) is -0.240. The van der Waals surface area contributed by atoms with Crippen LogP contribution in [0.3, 0.4) is 0 Å². The van der Waals surface area contributed by atoms with Gasteiger partial charge >= 0.3 is 5.97 Å². The lowest BCUT2D eigenvalue weighted by Gasteiger charge is -2.08. The third-order valence-corrected chi connectivity index (χ3v) is 5.60. The monoisotopic (exact) mass is 438 g/mol.